The van der Waals surface area contributed by atoms with Crippen molar-refractivity contribution >= 4 is 33.2 Å². The molecule has 4 rings (SSSR count). The molecule has 28 heavy (non-hydrogen) atoms. The van der Waals surface area contributed by atoms with Crippen LogP contribution in [0.25, 0.3) is 20.8 Å². The van der Waals surface area contributed by atoms with E-state index in [1.807, 2.05) is 26.2 Å². The number of hydrogen-bond acceptors (Lipinski definition) is 6. The van der Waals surface area contributed by atoms with Crippen molar-refractivity contribution in [3.05, 3.63) is 30.6 Å². The Morgan fingerprint density at radius 3 is 2.50 bits per heavy atom. The molecule has 1 aliphatic heterocycles. The van der Waals surface area contributed by atoms with Crippen molar-refractivity contribution in [2.75, 3.05) is 36.0 Å². The summed E-state index contributed by atoms with van der Waals surface area (Å²) in [7, 11) is 0. The van der Waals surface area contributed by atoms with Crippen molar-refractivity contribution in [1.82, 2.24) is 15.0 Å². The van der Waals surface area contributed by atoms with E-state index in [1.165, 1.54) is 17.5 Å². The molecule has 1 saturated heterocycles. The highest BCUT2D eigenvalue weighted by Crippen LogP contribution is 2.32. The summed E-state index contributed by atoms with van der Waals surface area (Å²) in [5.74, 6) is 2.12. The first-order chi connectivity index (χ1) is 13.8. The highest BCUT2D eigenvalue weighted by atomic mass is 32.1. The second kappa shape index (κ2) is 9.82. The highest BCUT2D eigenvalue weighted by molar-refractivity contribution is 7.21. The Balaban J connectivity index is 0.00000109. The molecule has 3 aromatic rings. The monoisotopic (exact) mass is 397 g/mol. The standard InChI is InChI=1S/C20H25N5S.C2H6/c1-3-9-24(4-2)19-12-17-16(14-22-19)23-20(26-17)15-7-8-18(21-13-15)25-10-5-6-11-25;1-2/h7-8,12-14H,3-6,9-11H2,1-2H3;1-2H3. The molecular formula is C22H31N5S. The van der Waals surface area contributed by atoms with Gasteiger partial charge < -0.3 is 9.80 Å². The number of thiazole rings is 1. The largest absolute Gasteiger partial charge is 0.357 e. The molecule has 5 nitrogen and oxygen atoms in total. The van der Waals surface area contributed by atoms with Crippen LogP contribution in [0.5, 0.6) is 0 Å². The van der Waals surface area contributed by atoms with Gasteiger partial charge in [-0.1, -0.05) is 20.8 Å². The first-order valence-electron chi connectivity index (χ1n) is 10.5. The van der Waals surface area contributed by atoms with Gasteiger partial charge in [0.05, 0.1) is 10.9 Å². The lowest BCUT2D eigenvalue weighted by Gasteiger charge is -2.20. The lowest BCUT2D eigenvalue weighted by atomic mass is 10.3. The van der Waals surface area contributed by atoms with Crippen LogP contribution in [0, 0.1) is 0 Å². The van der Waals surface area contributed by atoms with E-state index in [1.54, 1.807) is 11.3 Å². The molecule has 0 bridgehead atoms. The summed E-state index contributed by atoms with van der Waals surface area (Å²) in [5, 5.41) is 1.01. The maximum atomic E-state index is 4.77. The van der Waals surface area contributed by atoms with E-state index in [2.05, 4.69) is 51.8 Å². The van der Waals surface area contributed by atoms with E-state index in [0.29, 0.717) is 0 Å². The molecule has 1 fully saturated rings. The van der Waals surface area contributed by atoms with Gasteiger partial charge in [-0.3, -0.25) is 0 Å². The highest BCUT2D eigenvalue weighted by Gasteiger charge is 2.14. The van der Waals surface area contributed by atoms with Crippen molar-refractivity contribution in [2.24, 2.45) is 0 Å². The zero-order valence-corrected chi connectivity index (χ0v) is 18.3. The summed E-state index contributed by atoms with van der Waals surface area (Å²) in [6.07, 6.45) is 7.51. The minimum atomic E-state index is 0.963. The smallest absolute Gasteiger partial charge is 0.130 e. The molecule has 0 saturated carbocycles. The van der Waals surface area contributed by atoms with E-state index < -0.39 is 0 Å². The molecule has 150 valence electrons. The van der Waals surface area contributed by atoms with E-state index in [9.17, 15) is 0 Å². The number of nitrogens with zero attached hydrogens (tertiary/aromatic N) is 5. The normalized spacial score (nSPS) is 13.5. The van der Waals surface area contributed by atoms with E-state index in [4.69, 9.17) is 4.98 Å². The van der Waals surface area contributed by atoms with Gasteiger partial charge in [0.1, 0.15) is 22.2 Å². The fraction of sp³-hybridized carbons (Fsp3) is 0.500. The Labute approximate surface area is 172 Å². The van der Waals surface area contributed by atoms with Crippen LogP contribution in [-0.2, 0) is 0 Å². The molecule has 4 heterocycles. The van der Waals surface area contributed by atoms with Crippen LogP contribution in [0.1, 0.15) is 47.0 Å². The van der Waals surface area contributed by atoms with Crippen molar-refractivity contribution in [3.63, 3.8) is 0 Å². The average Bonchev–Trinajstić information content (AvgIpc) is 3.43. The summed E-state index contributed by atoms with van der Waals surface area (Å²) >= 11 is 1.72. The second-order valence-electron chi connectivity index (χ2n) is 6.71. The van der Waals surface area contributed by atoms with Gasteiger partial charge in [0.25, 0.3) is 0 Å². The van der Waals surface area contributed by atoms with E-state index >= 15 is 0 Å². The third-order valence-electron chi connectivity index (χ3n) is 4.88. The Kier molecular flexibility index (Phi) is 7.20. The summed E-state index contributed by atoms with van der Waals surface area (Å²) in [5.41, 5.74) is 2.04. The number of pyridine rings is 2. The number of hydrogen-bond donors (Lipinski definition) is 0. The van der Waals surface area contributed by atoms with Gasteiger partial charge in [-0.25, -0.2) is 15.0 Å². The van der Waals surface area contributed by atoms with E-state index in [0.717, 1.165) is 60.3 Å². The predicted octanol–water partition coefficient (Wildman–Crippen LogP) is 5.62. The maximum Gasteiger partial charge on any atom is 0.130 e. The molecule has 0 amide bonds. The summed E-state index contributed by atoms with van der Waals surface area (Å²) in [6.45, 7) is 12.6. The molecule has 0 aliphatic carbocycles. The minimum absolute atomic E-state index is 0.963. The number of fused-ring (bicyclic) bond motifs is 1. The van der Waals surface area contributed by atoms with E-state index in [-0.39, 0.29) is 0 Å². The molecular weight excluding hydrogens is 366 g/mol. The Bertz CT molecular complexity index is 868. The Morgan fingerprint density at radius 2 is 1.86 bits per heavy atom. The fourth-order valence-electron chi connectivity index (χ4n) is 3.47. The molecule has 0 atom stereocenters. The molecule has 6 heteroatoms. The first kappa shape index (κ1) is 20.5. The van der Waals surface area contributed by atoms with Crippen LogP contribution in [0.2, 0.25) is 0 Å². The zero-order chi connectivity index (χ0) is 19.9. The minimum Gasteiger partial charge on any atom is -0.357 e. The summed E-state index contributed by atoms with van der Waals surface area (Å²) < 4.78 is 1.18. The fourth-order valence-corrected chi connectivity index (χ4v) is 4.43. The predicted molar refractivity (Wildman–Crippen MR) is 122 cm³/mol. The van der Waals surface area contributed by atoms with Crippen molar-refractivity contribution in [2.45, 2.75) is 47.0 Å². The third-order valence-corrected chi connectivity index (χ3v) is 5.95. The van der Waals surface area contributed by atoms with Gasteiger partial charge in [-0.2, -0.15) is 0 Å². The van der Waals surface area contributed by atoms with Crippen molar-refractivity contribution < 1.29 is 0 Å². The SMILES string of the molecule is CC.CCCN(CC)c1cc2sc(-c3ccc(N4CCCC4)nc3)nc2cn1. The van der Waals surface area contributed by atoms with Crippen LogP contribution in [0.15, 0.2) is 30.6 Å². The summed E-state index contributed by atoms with van der Waals surface area (Å²) in [6, 6.07) is 6.43. The van der Waals surface area contributed by atoms with Crippen molar-refractivity contribution in [3.8, 4) is 10.6 Å². The number of rotatable bonds is 6. The van der Waals surface area contributed by atoms with Gasteiger partial charge in [0.15, 0.2) is 0 Å². The molecule has 0 spiro atoms. The van der Waals surface area contributed by atoms with Crippen LogP contribution in [0.3, 0.4) is 0 Å². The Hall–Kier alpha value is -2.21. The van der Waals surface area contributed by atoms with Gasteiger partial charge in [-0.15, -0.1) is 11.3 Å². The van der Waals surface area contributed by atoms with Crippen LogP contribution >= 0.6 is 11.3 Å². The molecule has 0 N–H and O–H groups in total. The number of aromatic nitrogens is 3. The van der Waals surface area contributed by atoms with Gasteiger partial charge in [0.2, 0.25) is 0 Å². The average molecular weight is 398 g/mol. The molecule has 1 aliphatic rings. The topological polar surface area (TPSA) is 45.2 Å². The molecule has 0 unspecified atom stereocenters. The Morgan fingerprint density at radius 1 is 1.07 bits per heavy atom. The number of anilines is 2. The van der Waals surface area contributed by atoms with Gasteiger partial charge >= 0.3 is 0 Å². The first-order valence-corrected chi connectivity index (χ1v) is 11.3. The summed E-state index contributed by atoms with van der Waals surface area (Å²) in [4.78, 5) is 18.7. The maximum absolute atomic E-state index is 4.77. The third kappa shape index (κ3) is 4.43. The molecule has 0 aromatic carbocycles. The lowest BCUT2D eigenvalue weighted by molar-refractivity contribution is 0.780. The second-order valence-corrected chi connectivity index (χ2v) is 7.74. The molecule has 3 aromatic heterocycles. The van der Waals surface area contributed by atoms with Gasteiger partial charge in [0, 0.05) is 44.0 Å². The van der Waals surface area contributed by atoms with Crippen LogP contribution < -0.4 is 9.80 Å². The zero-order valence-electron chi connectivity index (χ0n) is 17.5. The van der Waals surface area contributed by atoms with Gasteiger partial charge in [-0.05, 0) is 38.3 Å². The van der Waals surface area contributed by atoms with Crippen molar-refractivity contribution in [1.29, 1.82) is 0 Å². The quantitative estimate of drug-likeness (QED) is 0.540. The molecule has 0 radical (unpaired) electrons. The van der Waals surface area contributed by atoms with Crippen LogP contribution in [-0.4, -0.2) is 41.1 Å². The van der Waals surface area contributed by atoms with Crippen LogP contribution in [0.4, 0.5) is 11.6 Å². The lowest BCUT2D eigenvalue weighted by Crippen LogP contribution is -2.24.